The molecule has 1 amide bonds. The standard InChI is InChI=1S/C12H16Cl2N2O2S/c13-9-6-8(7-10(15)11(9)14)12(18)16-2-5-19-4-1-3-17/h6-7,17H,1-5,15H2,(H,16,18). The first kappa shape index (κ1) is 16.4. The van der Waals surface area contributed by atoms with Crippen molar-refractivity contribution in [2.24, 2.45) is 0 Å². The molecule has 1 rings (SSSR count). The fraction of sp³-hybridized carbons (Fsp3) is 0.417. The van der Waals surface area contributed by atoms with E-state index in [0.717, 1.165) is 17.9 Å². The third-order valence-electron chi connectivity index (χ3n) is 2.30. The predicted molar refractivity (Wildman–Crippen MR) is 82.2 cm³/mol. The Bertz CT molecular complexity index is 421. The van der Waals surface area contributed by atoms with Crippen LogP contribution >= 0.6 is 35.0 Å². The number of halogens is 2. The molecule has 1 aromatic carbocycles. The minimum Gasteiger partial charge on any atom is -0.397 e. The molecule has 0 heterocycles. The Hall–Kier alpha value is -0.620. The van der Waals surface area contributed by atoms with Gasteiger partial charge in [0, 0.05) is 24.5 Å². The molecule has 0 spiro atoms. The van der Waals surface area contributed by atoms with Gasteiger partial charge in [-0.2, -0.15) is 11.8 Å². The molecule has 0 fully saturated rings. The molecule has 0 aromatic heterocycles. The van der Waals surface area contributed by atoms with E-state index in [0.29, 0.717) is 12.1 Å². The monoisotopic (exact) mass is 322 g/mol. The number of rotatable bonds is 7. The molecule has 7 heteroatoms. The fourth-order valence-electron chi connectivity index (χ4n) is 1.35. The van der Waals surface area contributed by atoms with E-state index in [9.17, 15) is 4.79 Å². The highest BCUT2D eigenvalue weighted by Gasteiger charge is 2.10. The number of aliphatic hydroxyl groups is 1. The number of aliphatic hydroxyl groups excluding tert-OH is 1. The maximum Gasteiger partial charge on any atom is 0.251 e. The number of hydrogen-bond donors (Lipinski definition) is 3. The van der Waals surface area contributed by atoms with Gasteiger partial charge in [-0.25, -0.2) is 0 Å². The number of amides is 1. The summed E-state index contributed by atoms with van der Waals surface area (Å²) < 4.78 is 0. The first-order chi connectivity index (χ1) is 9.06. The van der Waals surface area contributed by atoms with Crippen LogP contribution < -0.4 is 11.1 Å². The van der Waals surface area contributed by atoms with Gasteiger partial charge in [0.05, 0.1) is 15.7 Å². The quantitative estimate of drug-likeness (QED) is 0.532. The van der Waals surface area contributed by atoms with Crippen LogP contribution in [-0.2, 0) is 0 Å². The fourth-order valence-corrected chi connectivity index (χ4v) is 2.47. The molecule has 0 aliphatic carbocycles. The normalized spacial score (nSPS) is 10.5. The van der Waals surface area contributed by atoms with Gasteiger partial charge in [-0.3, -0.25) is 4.79 Å². The molecule has 4 nitrogen and oxygen atoms in total. The van der Waals surface area contributed by atoms with Crippen LogP contribution in [0.25, 0.3) is 0 Å². The molecule has 0 aliphatic rings. The number of carbonyl (C=O) groups excluding carboxylic acids is 1. The molecule has 0 saturated heterocycles. The van der Waals surface area contributed by atoms with Crippen molar-refractivity contribution < 1.29 is 9.90 Å². The molecule has 1 aromatic rings. The number of nitrogens with two attached hydrogens (primary N) is 1. The van der Waals surface area contributed by atoms with Gasteiger partial charge >= 0.3 is 0 Å². The zero-order valence-electron chi connectivity index (χ0n) is 10.3. The van der Waals surface area contributed by atoms with Gasteiger partial charge in [0.25, 0.3) is 5.91 Å². The highest BCUT2D eigenvalue weighted by atomic mass is 35.5. The Morgan fingerprint density at radius 1 is 1.37 bits per heavy atom. The van der Waals surface area contributed by atoms with E-state index in [-0.39, 0.29) is 28.2 Å². The lowest BCUT2D eigenvalue weighted by Crippen LogP contribution is -2.26. The Labute approximate surface area is 126 Å². The van der Waals surface area contributed by atoms with E-state index in [1.807, 2.05) is 0 Å². The molecular formula is C12H16Cl2N2O2S. The molecule has 0 atom stereocenters. The smallest absolute Gasteiger partial charge is 0.251 e. The largest absolute Gasteiger partial charge is 0.397 e. The summed E-state index contributed by atoms with van der Waals surface area (Å²) in [7, 11) is 0. The van der Waals surface area contributed by atoms with Crippen molar-refractivity contribution >= 4 is 46.6 Å². The molecule has 0 saturated carbocycles. The zero-order chi connectivity index (χ0) is 14.3. The van der Waals surface area contributed by atoms with E-state index in [1.165, 1.54) is 12.1 Å². The summed E-state index contributed by atoms with van der Waals surface area (Å²) in [6.45, 7) is 0.747. The van der Waals surface area contributed by atoms with Crippen molar-refractivity contribution in [3.05, 3.63) is 27.7 Å². The molecule has 19 heavy (non-hydrogen) atoms. The summed E-state index contributed by atoms with van der Waals surface area (Å²) in [5.74, 6) is 1.45. The number of carbonyl (C=O) groups is 1. The van der Waals surface area contributed by atoms with Crippen molar-refractivity contribution in [3.8, 4) is 0 Å². The molecule has 0 bridgehead atoms. The maximum atomic E-state index is 11.8. The molecule has 4 N–H and O–H groups in total. The minimum absolute atomic E-state index is 0.196. The van der Waals surface area contributed by atoms with Crippen LogP contribution in [0.1, 0.15) is 16.8 Å². The Balaban J connectivity index is 2.42. The Morgan fingerprint density at radius 3 is 2.74 bits per heavy atom. The lowest BCUT2D eigenvalue weighted by molar-refractivity contribution is 0.0956. The number of nitrogen functional groups attached to an aromatic ring is 1. The van der Waals surface area contributed by atoms with Gasteiger partial charge < -0.3 is 16.2 Å². The Kier molecular flexibility index (Phi) is 7.38. The van der Waals surface area contributed by atoms with Crippen LogP contribution in [0.3, 0.4) is 0 Å². The van der Waals surface area contributed by atoms with Gasteiger partial charge in [0.15, 0.2) is 0 Å². The number of anilines is 1. The summed E-state index contributed by atoms with van der Waals surface area (Å²) in [4.78, 5) is 11.8. The van der Waals surface area contributed by atoms with Gasteiger partial charge in [-0.05, 0) is 24.3 Å². The van der Waals surface area contributed by atoms with Crippen LogP contribution in [0.5, 0.6) is 0 Å². The molecular weight excluding hydrogens is 307 g/mol. The summed E-state index contributed by atoms with van der Waals surface area (Å²) in [6, 6.07) is 3.00. The lowest BCUT2D eigenvalue weighted by atomic mass is 10.2. The van der Waals surface area contributed by atoms with E-state index in [4.69, 9.17) is 34.0 Å². The lowest BCUT2D eigenvalue weighted by Gasteiger charge is -2.07. The number of thioether (sulfide) groups is 1. The maximum absolute atomic E-state index is 11.8. The van der Waals surface area contributed by atoms with Crippen molar-refractivity contribution in [2.45, 2.75) is 6.42 Å². The summed E-state index contributed by atoms with van der Waals surface area (Å²) in [6.07, 6.45) is 0.766. The predicted octanol–water partition coefficient (Wildman–Crippen LogP) is 2.42. The van der Waals surface area contributed by atoms with Gasteiger partial charge in [-0.1, -0.05) is 23.2 Å². The van der Waals surface area contributed by atoms with Crippen LogP contribution in [0.15, 0.2) is 12.1 Å². The van der Waals surface area contributed by atoms with Crippen LogP contribution in [0.2, 0.25) is 10.0 Å². The van der Waals surface area contributed by atoms with Crippen molar-refractivity contribution in [2.75, 3.05) is 30.4 Å². The first-order valence-corrected chi connectivity index (χ1v) is 7.68. The SMILES string of the molecule is Nc1cc(C(=O)NCCSCCCO)cc(Cl)c1Cl. The van der Waals surface area contributed by atoms with E-state index in [2.05, 4.69) is 5.32 Å². The highest BCUT2D eigenvalue weighted by molar-refractivity contribution is 7.99. The van der Waals surface area contributed by atoms with Crippen LogP contribution in [-0.4, -0.2) is 35.7 Å². The van der Waals surface area contributed by atoms with Crippen molar-refractivity contribution in [1.29, 1.82) is 0 Å². The topological polar surface area (TPSA) is 75.4 Å². The third-order valence-corrected chi connectivity index (χ3v) is 4.18. The van der Waals surface area contributed by atoms with Gasteiger partial charge in [-0.15, -0.1) is 0 Å². The van der Waals surface area contributed by atoms with Crippen molar-refractivity contribution in [1.82, 2.24) is 5.32 Å². The average molecular weight is 323 g/mol. The van der Waals surface area contributed by atoms with E-state index in [1.54, 1.807) is 11.8 Å². The summed E-state index contributed by atoms with van der Waals surface area (Å²) in [5, 5.41) is 11.9. The summed E-state index contributed by atoms with van der Waals surface area (Å²) in [5.41, 5.74) is 6.33. The number of benzene rings is 1. The second-order valence-electron chi connectivity index (χ2n) is 3.81. The van der Waals surface area contributed by atoms with E-state index >= 15 is 0 Å². The third kappa shape index (κ3) is 5.48. The zero-order valence-corrected chi connectivity index (χ0v) is 12.6. The van der Waals surface area contributed by atoms with E-state index < -0.39 is 0 Å². The molecule has 0 unspecified atom stereocenters. The van der Waals surface area contributed by atoms with Gasteiger partial charge in [0.1, 0.15) is 0 Å². The average Bonchev–Trinajstić information content (AvgIpc) is 2.39. The second kappa shape index (κ2) is 8.53. The molecule has 0 radical (unpaired) electrons. The molecule has 0 aliphatic heterocycles. The molecule has 106 valence electrons. The minimum atomic E-state index is -0.229. The van der Waals surface area contributed by atoms with Crippen molar-refractivity contribution in [3.63, 3.8) is 0 Å². The highest BCUT2D eigenvalue weighted by Crippen LogP contribution is 2.29. The Morgan fingerprint density at radius 2 is 2.11 bits per heavy atom. The second-order valence-corrected chi connectivity index (χ2v) is 5.82. The summed E-state index contributed by atoms with van der Waals surface area (Å²) >= 11 is 13.4. The number of hydrogen-bond acceptors (Lipinski definition) is 4. The van der Waals surface area contributed by atoms with Crippen LogP contribution in [0, 0.1) is 0 Å². The first-order valence-electron chi connectivity index (χ1n) is 5.77. The van der Waals surface area contributed by atoms with Crippen LogP contribution in [0.4, 0.5) is 5.69 Å². The number of nitrogens with one attached hydrogen (secondary N) is 1. The van der Waals surface area contributed by atoms with Gasteiger partial charge in [0.2, 0.25) is 0 Å².